The van der Waals surface area contributed by atoms with Crippen molar-refractivity contribution in [3.8, 4) is 5.75 Å². The molecule has 1 unspecified atom stereocenters. The highest BCUT2D eigenvalue weighted by Gasteiger charge is 2.37. The Morgan fingerprint density at radius 3 is 2.95 bits per heavy atom. The van der Waals surface area contributed by atoms with Gasteiger partial charge in [-0.15, -0.1) is 0 Å². The van der Waals surface area contributed by atoms with Crippen molar-refractivity contribution in [2.75, 3.05) is 26.7 Å². The van der Waals surface area contributed by atoms with Gasteiger partial charge in [0.2, 0.25) is 5.91 Å². The number of aliphatic hydroxyl groups excluding tert-OH is 1. The number of nitrogens with one attached hydrogen (secondary N) is 1. The van der Waals surface area contributed by atoms with Crippen LogP contribution in [0.4, 0.5) is 0 Å². The Morgan fingerprint density at radius 2 is 2.21 bits per heavy atom. The van der Waals surface area contributed by atoms with Gasteiger partial charge in [0.25, 0.3) is 0 Å². The van der Waals surface area contributed by atoms with Crippen LogP contribution in [-0.2, 0) is 4.79 Å². The SMILES string of the molecule is CN(C(=O)C1COc2ccccc21)[C@@H]1CNC[C@H]1O. The summed E-state index contributed by atoms with van der Waals surface area (Å²) in [5.41, 5.74) is 0.944. The summed E-state index contributed by atoms with van der Waals surface area (Å²) in [5.74, 6) is 0.547. The van der Waals surface area contributed by atoms with Gasteiger partial charge in [-0.25, -0.2) is 0 Å². The Kier molecular flexibility index (Phi) is 3.16. The molecule has 2 aliphatic heterocycles. The first kappa shape index (κ1) is 12.4. The van der Waals surface area contributed by atoms with Gasteiger partial charge in [0.15, 0.2) is 0 Å². The van der Waals surface area contributed by atoms with Crippen molar-refractivity contribution in [1.82, 2.24) is 10.2 Å². The van der Waals surface area contributed by atoms with E-state index in [0.29, 0.717) is 19.7 Å². The maximum atomic E-state index is 12.5. The molecule has 5 heteroatoms. The van der Waals surface area contributed by atoms with Crippen LogP contribution in [0.15, 0.2) is 24.3 Å². The third kappa shape index (κ3) is 2.09. The second-order valence-corrected chi connectivity index (χ2v) is 5.14. The van der Waals surface area contributed by atoms with Crippen LogP contribution in [0.2, 0.25) is 0 Å². The molecular weight excluding hydrogens is 244 g/mol. The molecule has 3 rings (SSSR count). The molecule has 2 N–H and O–H groups in total. The Hall–Kier alpha value is -1.59. The molecule has 1 aromatic carbocycles. The van der Waals surface area contributed by atoms with Gasteiger partial charge in [0.05, 0.1) is 12.1 Å². The Morgan fingerprint density at radius 1 is 1.42 bits per heavy atom. The minimum absolute atomic E-state index is 0.0118. The zero-order valence-corrected chi connectivity index (χ0v) is 10.9. The van der Waals surface area contributed by atoms with Crippen LogP contribution < -0.4 is 10.1 Å². The summed E-state index contributed by atoms with van der Waals surface area (Å²) in [6.07, 6.45) is -0.494. The van der Waals surface area contributed by atoms with Gasteiger partial charge in [-0.05, 0) is 6.07 Å². The van der Waals surface area contributed by atoms with E-state index in [0.717, 1.165) is 11.3 Å². The number of hydrogen-bond acceptors (Lipinski definition) is 4. The van der Waals surface area contributed by atoms with Gasteiger partial charge in [0.1, 0.15) is 18.3 Å². The number of nitrogens with zero attached hydrogens (tertiary/aromatic N) is 1. The Bertz CT molecular complexity index is 491. The lowest BCUT2D eigenvalue weighted by Gasteiger charge is -2.28. The van der Waals surface area contributed by atoms with Crippen molar-refractivity contribution in [2.24, 2.45) is 0 Å². The molecule has 2 heterocycles. The number of amides is 1. The summed E-state index contributed by atoms with van der Waals surface area (Å²) in [6.45, 7) is 1.57. The number of carbonyl (C=O) groups is 1. The van der Waals surface area contributed by atoms with E-state index in [4.69, 9.17) is 4.74 Å². The highest BCUT2D eigenvalue weighted by Crippen LogP contribution is 2.34. The number of para-hydroxylation sites is 1. The largest absolute Gasteiger partial charge is 0.492 e. The van der Waals surface area contributed by atoms with Crippen molar-refractivity contribution in [3.05, 3.63) is 29.8 Å². The first-order valence-electron chi connectivity index (χ1n) is 6.55. The molecule has 2 aliphatic rings. The lowest BCUT2D eigenvalue weighted by Crippen LogP contribution is -2.46. The number of hydrogen-bond donors (Lipinski definition) is 2. The summed E-state index contributed by atoms with van der Waals surface area (Å²) in [6, 6.07) is 7.48. The zero-order chi connectivity index (χ0) is 13.4. The van der Waals surface area contributed by atoms with Crippen molar-refractivity contribution in [2.45, 2.75) is 18.1 Å². The fourth-order valence-corrected chi connectivity index (χ4v) is 2.82. The third-order valence-electron chi connectivity index (χ3n) is 3.99. The summed E-state index contributed by atoms with van der Waals surface area (Å²) in [4.78, 5) is 14.2. The van der Waals surface area contributed by atoms with E-state index in [1.807, 2.05) is 24.3 Å². The molecule has 1 aromatic rings. The topological polar surface area (TPSA) is 61.8 Å². The van der Waals surface area contributed by atoms with Crippen LogP contribution in [0.1, 0.15) is 11.5 Å². The fraction of sp³-hybridized carbons (Fsp3) is 0.500. The average Bonchev–Trinajstić information content (AvgIpc) is 3.03. The first-order valence-corrected chi connectivity index (χ1v) is 6.55. The van der Waals surface area contributed by atoms with E-state index in [1.165, 1.54) is 0 Å². The van der Waals surface area contributed by atoms with Crippen molar-refractivity contribution >= 4 is 5.91 Å². The quantitative estimate of drug-likeness (QED) is 0.785. The number of rotatable bonds is 2. The predicted octanol–water partition coefficient (Wildman–Crippen LogP) is -0.0463. The van der Waals surface area contributed by atoms with Gasteiger partial charge in [-0.3, -0.25) is 4.79 Å². The van der Waals surface area contributed by atoms with Crippen LogP contribution >= 0.6 is 0 Å². The highest BCUT2D eigenvalue weighted by atomic mass is 16.5. The second-order valence-electron chi connectivity index (χ2n) is 5.14. The average molecular weight is 262 g/mol. The normalized spacial score (nSPS) is 28.8. The molecular formula is C14H18N2O3. The number of fused-ring (bicyclic) bond motifs is 1. The van der Waals surface area contributed by atoms with E-state index in [-0.39, 0.29) is 17.9 Å². The molecule has 0 bridgehead atoms. The second kappa shape index (κ2) is 4.83. The van der Waals surface area contributed by atoms with Gasteiger partial charge in [-0.1, -0.05) is 18.2 Å². The molecule has 0 saturated carbocycles. The molecule has 19 heavy (non-hydrogen) atoms. The van der Waals surface area contributed by atoms with Crippen LogP contribution in [0, 0.1) is 0 Å². The molecule has 102 valence electrons. The molecule has 3 atom stereocenters. The number of aliphatic hydroxyl groups is 1. The maximum absolute atomic E-state index is 12.5. The third-order valence-corrected chi connectivity index (χ3v) is 3.99. The lowest BCUT2D eigenvalue weighted by atomic mass is 9.99. The first-order chi connectivity index (χ1) is 9.18. The minimum atomic E-state index is -0.494. The number of β-amino-alcohol motifs (C(OH)–C–C–N with tert-alkyl or cyclic N) is 1. The van der Waals surface area contributed by atoms with E-state index in [2.05, 4.69) is 5.32 Å². The minimum Gasteiger partial charge on any atom is -0.492 e. The number of benzene rings is 1. The summed E-state index contributed by atoms with van der Waals surface area (Å²) in [5, 5.41) is 13.0. The van der Waals surface area contributed by atoms with Gasteiger partial charge >= 0.3 is 0 Å². The Balaban J connectivity index is 1.78. The molecule has 1 amide bonds. The fourth-order valence-electron chi connectivity index (χ4n) is 2.82. The van der Waals surface area contributed by atoms with Gasteiger partial charge < -0.3 is 20.1 Å². The summed E-state index contributed by atoms with van der Waals surface area (Å²) >= 11 is 0. The lowest BCUT2D eigenvalue weighted by molar-refractivity contribution is -0.135. The van der Waals surface area contributed by atoms with Crippen molar-refractivity contribution < 1.29 is 14.6 Å². The molecule has 0 radical (unpaired) electrons. The van der Waals surface area contributed by atoms with E-state index in [9.17, 15) is 9.90 Å². The number of carbonyl (C=O) groups excluding carboxylic acids is 1. The van der Waals surface area contributed by atoms with Crippen LogP contribution in [0.5, 0.6) is 5.75 Å². The smallest absolute Gasteiger partial charge is 0.233 e. The maximum Gasteiger partial charge on any atom is 0.233 e. The number of likely N-dealkylation sites (N-methyl/N-ethyl adjacent to an activating group) is 1. The highest BCUT2D eigenvalue weighted by molar-refractivity contribution is 5.85. The van der Waals surface area contributed by atoms with E-state index in [1.54, 1.807) is 11.9 Å². The molecule has 1 fully saturated rings. The van der Waals surface area contributed by atoms with Crippen LogP contribution in [0.25, 0.3) is 0 Å². The van der Waals surface area contributed by atoms with E-state index < -0.39 is 6.10 Å². The Labute approximate surface area is 112 Å². The van der Waals surface area contributed by atoms with Crippen molar-refractivity contribution in [1.29, 1.82) is 0 Å². The number of ether oxygens (including phenoxy) is 1. The van der Waals surface area contributed by atoms with Gasteiger partial charge in [0, 0.05) is 25.7 Å². The van der Waals surface area contributed by atoms with Crippen LogP contribution in [-0.4, -0.2) is 54.8 Å². The monoisotopic (exact) mass is 262 g/mol. The summed E-state index contributed by atoms with van der Waals surface area (Å²) in [7, 11) is 1.75. The zero-order valence-electron chi connectivity index (χ0n) is 10.9. The standard InChI is InChI=1S/C14H18N2O3/c1-16(11-6-15-7-12(11)17)14(18)10-8-19-13-5-3-2-4-9(10)13/h2-5,10-12,15,17H,6-8H2,1H3/t10?,11-,12-/m1/s1. The summed E-state index contributed by atoms with van der Waals surface area (Å²) < 4.78 is 5.55. The predicted molar refractivity (Wildman–Crippen MR) is 70.1 cm³/mol. The molecule has 1 saturated heterocycles. The van der Waals surface area contributed by atoms with Crippen LogP contribution in [0.3, 0.4) is 0 Å². The van der Waals surface area contributed by atoms with Gasteiger partial charge in [-0.2, -0.15) is 0 Å². The van der Waals surface area contributed by atoms with E-state index >= 15 is 0 Å². The molecule has 0 aliphatic carbocycles. The molecule has 5 nitrogen and oxygen atoms in total. The van der Waals surface area contributed by atoms with Crippen molar-refractivity contribution in [3.63, 3.8) is 0 Å². The molecule has 0 aromatic heterocycles. The molecule has 0 spiro atoms.